The van der Waals surface area contributed by atoms with Crippen LogP contribution in [0.2, 0.25) is 0 Å². The molecule has 0 aliphatic carbocycles. The fraction of sp³-hybridized carbons (Fsp3) is 0.318. The predicted molar refractivity (Wildman–Crippen MR) is 105 cm³/mol. The Morgan fingerprint density at radius 3 is 2.26 bits per heavy atom. The lowest BCUT2D eigenvalue weighted by Gasteiger charge is -2.09. The first-order chi connectivity index (χ1) is 12.8. The van der Waals surface area contributed by atoms with Gasteiger partial charge in [-0.2, -0.15) is 0 Å². The van der Waals surface area contributed by atoms with E-state index in [1.54, 1.807) is 6.07 Å². The van der Waals surface area contributed by atoms with E-state index in [1.165, 1.54) is 0 Å². The van der Waals surface area contributed by atoms with Crippen molar-refractivity contribution in [3.8, 4) is 0 Å². The number of hydrogen-bond acceptors (Lipinski definition) is 4. The summed E-state index contributed by atoms with van der Waals surface area (Å²) >= 11 is 0. The molecule has 0 aromatic heterocycles. The topological polar surface area (TPSA) is 72.5 Å². The second-order valence-corrected chi connectivity index (χ2v) is 6.75. The first-order valence-electron chi connectivity index (χ1n) is 8.89. The predicted octanol–water partition coefficient (Wildman–Crippen LogP) is 4.07. The van der Waals surface area contributed by atoms with Gasteiger partial charge in [0.1, 0.15) is 0 Å². The number of ketones is 1. The Hall–Kier alpha value is -2.95. The lowest BCUT2D eigenvalue weighted by atomic mass is 10.0. The quantitative estimate of drug-likeness (QED) is 0.591. The van der Waals surface area contributed by atoms with Crippen LogP contribution in [0.15, 0.2) is 36.4 Å². The van der Waals surface area contributed by atoms with Crippen molar-refractivity contribution >= 4 is 23.3 Å². The van der Waals surface area contributed by atoms with Crippen LogP contribution in [-0.2, 0) is 14.3 Å². The minimum absolute atomic E-state index is 0.0530. The van der Waals surface area contributed by atoms with E-state index in [4.69, 9.17) is 4.74 Å². The van der Waals surface area contributed by atoms with E-state index in [-0.39, 0.29) is 25.2 Å². The summed E-state index contributed by atoms with van der Waals surface area (Å²) in [5, 5.41) is 2.71. The molecule has 0 aliphatic heterocycles. The Labute approximate surface area is 159 Å². The average molecular weight is 367 g/mol. The number of hydrogen-bond donors (Lipinski definition) is 1. The van der Waals surface area contributed by atoms with E-state index < -0.39 is 11.9 Å². The Morgan fingerprint density at radius 1 is 0.852 bits per heavy atom. The molecule has 0 spiro atoms. The summed E-state index contributed by atoms with van der Waals surface area (Å²) in [7, 11) is 0. The summed E-state index contributed by atoms with van der Waals surface area (Å²) in [6.07, 6.45) is 0.00260. The Balaban J connectivity index is 1.77. The molecular weight excluding hydrogens is 342 g/mol. The van der Waals surface area contributed by atoms with E-state index in [0.717, 1.165) is 22.3 Å². The number of aryl methyl sites for hydroxylation is 4. The molecule has 0 unspecified atom stereocenters. The van der Waals surface area contributed by atoms with Gasteiger partial charge in [-0.15, -0.1) is 0 Å². The first-order valence-corrected chi connectivity index (χ1v) is 8.89. The summed E-state index contributed by atoms with van der Waals surface area (Å²) in [5.41, 5.74) is 5.45. The largest absolute Gasteiger partial charge is 0.456 e. The number of benzene rings is 2. The third-order valence-corrected chi connectivity index (χ3v) is 4.41. The molecule has 1 N–H and O–H groups in total. The molecule has 0 aliphatic rings. The van der Waals surface area contributed by atoms with E-state index in [2.05, 4.69) is 5.32 Å². The molecule has 2 aromatic carbocycles. The fourth-order valence-corrected chi connectivity index (χ4v) is 2.63. The molecule has 5 nitrogen and oxygen atoms in total. The zero-order valence-electron chi connectivity index (χ0n) is 16.2. The van der Waals surface area contributed by atoms with Gasteiger partial charge in [0.15, 0.2) is 12.4 Å². The maximum atomic E-state index is 12.2. The molecule has 5 heteroatoms. The van der Waals surface area contributed by atoms with E-state index >= 15 is 0 Å². The van der Waals surface area contributed by atoms with E-state index in [9.17, 15) is 14.4 Å². The lowest BCUT2D eigenvalue weighted by molar-refractivity contribution is -0.147. The summed E-state index contributed by atoms with van der Waals surface area (Å²) in [6.45, 7) is 7.41. The van der Waals surface area contributed by atoms with Crippen LogP contribution in [0, 0.1) is 27.7 Å². The minimum Gasteiger partial charge on any atom is -0.456 e. The number of Topliss-reactive ketones (excluding diaryl/α,β-unsaturated/α-hetero) is 1. The van der Waals surface area contributed by atoms with Crippen LogP contribution in [0.4, 0.5) is 5.69 Å². The molecule has 2 rings (SSSR count). The van der Waals surface area contributed by atoms with Crippen LogP contribution in [0.25, 0.3) is 0 Å². The molecule has 27 heavy (non-hydrogen) atoms. The van der Waals surface area contributed by atoms with Gasteiger partial charge in [0.25, 0.3) is 5.91 Å². The number of nitrogens with one attached hydrogen (secondary N) is 1. The zero-order valence-corrected chi connectivity index (χ0v) is 16.2. The lowest BCUT2D eigenvalue weighted by Crippen LogP contribution is -2.21. The van der Waals surface area contributed by atoms with Gasteiger partial charge >= 0.3 is 5.97 Å². The zero-order chi connectivity index (χ0) is 20.0. The first kappa shape index (κ1) is 20.4. The van der Waals surface area contributed by atoms with Crippen molar-refractivity contribution in [2.75, 3.05) is 11.9 Å². The molecule has 0 bridgehead atoms. The highest BCUT2D eigenvalue weighted by Gasteiger charge is 2.13. The van der Waals surface area contributed by atoms with E-state index in [0.29, 0.717) is 11.3 Å². The van der Waals surface area contributed by atoms with Gasteiger partial charge in [0.05, 0.1) is 6.42 Å². The number of amides is 1. The molecule has 0 radical (unpaired) electrons. The average Bonchev–Trinajstić information content (AvgIpc) is 2.62. The van der Waals surface area contributed by atoms with Crippen LogP contribution >= 0.6 is 0 Å². The number of carbonyl (C=O) groups is 3. The highest BCUT2D eigenvalue weighted by Crippen LogP contribution is 2.16. The third kappa shape index (κ3) is 6.06. The molecule has 0 saturated carbocycles. The SMILES string of the molecule is Cc1ccc(NC(=O)COC(=O)CCC(=O)c2ccc(C)c(C)c2)c(C)c1. The van der Waals surface area contributed by atoms with Crippen molar-refractivity contribution in [2.24, 2.45) is 0 Å². The van der Waals surface area contributed by atoms with Crippen LogP contribution in [0.1, 0.15) is 45.5 Å². The number of ether oxygens (including phenoxy) is 1. The van der Waals surface area contributed by atoms with E-state index in [1.807, 2.05) is 58.0 Å². The van der Waals surface area contributed by atoms with Crippen molar-refractivity contribution in [3.63, 3.8) is 0 Å². The molecule has 0 fully saturated rings. The Kier molecular flexibility index (Phi) is 6.88. The maximum absolute atomic E-state index is 12.2. The molecule has 142 valence electrons. The number of carbonyl (C=O) groups excluding carboxylic acids is 3. The van der Waals surface area contributed by atoms with Crippen molar-refractivity contribution in [3.05, 3.63) is 64.2 Å². The van der Waals surface area contributed by atoms with Crippen LogP contribution in [-0.4, -0.2) is 24.3 Å². The van der Waals surface area contributed by atoms with Gasteiger partial charge in [-0.05, 0) is 56.5 Å². The number of esters is 1. The molecule has 0 saturated heterocycles. The van der Waals surface area contributed by atoms with Gasteiger partial charge in [0, 0.05) is 17.7 Å². The fourth-order valence-electron chi connectivity index (χ4n) is 2.63. The summed E-state index contributed by atoms with van der Waals surface area (Å²) < 4.78 is 4.97. The Morgan fingerprint density at radius 2 is 1.59 bits per heavy atom. The Bertz CT molecular complexity index is 871. The summed E-state index contributed by atoms with van der Waals surface area (Å²) in [6, 6.07) is 11.1. The number of anilines is 1. The minimum atomic E-state index is -0.567. The van der Waals surface area contributed by atoms with Gasteiger partial charge in [-0.3, -0.25) is 14.4 Å². The highest BCUT2D eigenvalue weighted by molar-refractivity contribution is 5.98. The standard InChI is InChI=1S/C22H25NO4/c1-14-5-8-19(17(4)11-14)23-21(25)13-27-22(26)10-9-20(24)18-7-6-15(2)16(3)12-18/h5-8,11-12H,9-10,13H2,1-4H3,(H,23,25). The third-order valence-electron chi connectivity index (χ3n) is 4.41. The van der Waals surface area contributed by atoms with Crippen molar-refractivity contribution in [1.82, 2.24) is 0 Å². The van der Waals surface area contributed by atoms with Crippen molar-refractivity contribution in [2.45, 2.75) is 40.5 Å². The molecular formula is C22H25NO4. The highest BCUT2D eigenvalue weighted by atomic mass is 16.5. The monoisotopic (exact) mass is 367 g/mol. The summed E-state index contributed by atoms with van der Waals surface area (Å²) in [4.78, 5) is 35.9. The van der Waals surface area contributed by atoms with Gasteiger partial charge in [-0.25, -0.2) is 0 Å². The van der Waals surface area contributed by atoms with Gasteiger partial charge in [0.2, 0.25) is 0 Å². The second-order valence-electron chi connectivity index (χ2n) is 6.75. The molecule has 0 heterocycles. The summed E-state index contributed by atoms with van der Waals surface area (Å²) in [5.74, 6) is -1.09. The normalized spacial score (nSPS) is 10.4. The smallest absolute Gasteiger partial charge is 0.306 e. The van der Waals surface area contributed by atoms with Crippen LogP contribution in [0.3, 0.4) is 0 Å². The van der Waals surface area contributed by atoms with Crippen molar-refractivity contribution < 1.29 is 19.1 Å². The van der Waals surface area contributed by atoms with Crippen LogP contribution < -0.4 is 5.32 Å². The molecule has 2 aromatic rings. The van der Waals surface area contributed by atoms with Gasteiger partial charge in [-0.1, -0.05) is 29.8 Å². The molecule has 1 amide bonds. The van der Waals surface area contributed by atoms with Gasteiger partial charge < -0.3 is 10.1 Å². The maximum Gasteiger partial charge on any atom is 0.306 e. The van der Waals surface area contributed by atoms with Crippen molar-refractivity contribution in [1.29, 1.82) is 0 Å². The molecule has 0 atom stereocenters. The van der Waals surface area contributed by atoms with Crippen LogP contribution in [0.5, 0.6) is 0 Å². The second kappa shape index (κ2) is 9.12. The number of rotatable bonds is 7.